The van der Waals surface area contributed by atoms with E-state index in [9.17, 15) is 8.42 Å². The van der Waals surface area contributed by atoms with E-state index in [-0.39, 0.29) is 11.0 Å². The molecule has 6 heteroatoms. The van der Waals surface area contributed by atoms with Gasteiger partial charge in [-0.25, -0.2) is 13.6 Å². The number of hydrogen-bond acceptors (Lipinski definition) is 4. The van der Waals surface area contributed by atoms with E-state index < -0.39 is 10.0 Å². The van der Waals surface area contributed by atoms with Crippen molar-refractivity contribution in [1.29, 1.82) is 0 Å². The first-order chi connectivity index (χ1) is 9.27. The number of nitrogens with two attached hydrogens (primary N) is 2. The number of anilines is 1. The van der Waals surface area contributed by atoms with E-state index in [0.29, 0.717) is 23.3 Å². The number of rotatable bonds is 3. The second-order valence-corrected chi connectivity index (χ2v) is 7.31. The molecule has 0 saturated heterocycles. The number of nitrogen functional groups attached to an aromatic ring is 1. The van der Waals surface area contributed by atoms with Crippen LogP contribution in [0.2, 0.25) is 0 Å². The molecule has 0 aliphatic heterocycles. The van der Waals surface area contributed by atoms with E-state index in [0.717, 1.165) is 19.3 Å². The van der Waals surface area contributed by atoms with Crippen LogP contribution in [0, 0.1) is 11.8 Å². The predicted octanol–water partition coefficient (Wildman–Crippen LogP) is 2.12. The van der Waals surface area contributed by atoms with Crippen LogP contribution in [0.4, 0.5) is 5.69 Å². The van der Waals surface area contributed by atoms with Crippen molar-refractivity contribution in [3.05, 3.63) is 18.2 Å². The van der Waals surface area contributed by atoms with Crippen LogP contribution >= 0.6 is 0 Å². The topological polar surface area (TPSA) is 95.4 Å². The van der Waals surface area contributed by atoms with E-state index in [1.54, 1.807) is 0 Å². The van der Waals surface area contributed by atoms with Crippen molar-refractivity contribution in [2.24, 2.45) is 17.0 Å². The molecule has 1 aromatic carbocycles. The lowest BCUT2D eigenvalue weighted by Crippen LogP contribution is -2.29. The zero-order chi connectivity index (χ0) is 14.9. The molecule has 0 radical (unpaired) electrons. The van der Waals surface area contributed by atoms with Gasteiger partial charge in [-0.3, -0.25) is 0 Å². The Labute approximate surface area is 120 Å². The Hall–Kier alpha value is -1.27. The quantitative estimate of drug-likeness (QED) is 0.835. The van der Waals surface area contributed by atoms with E-state index >= 15 is 0 Å². The van der Waals surface area contributed by atoms with Gasteiger partial charge < -0.3 is 10.5 Å². The molecule has 1 aliphatic carbocycles. The van der Waals surface area contributed by atoms with Gasteiger partial charge in [0.05, 0.1) is 16.7 Å². The monoisotopic (exact) mass is 298 g/mol. The average molecular weight is 298 g/mol. The molecule has 0 amide bonds. The van der Waals surface area contributed by atoms with Crippen LogP contribution < -0.4 is 15.6 Å². The van der Waals surface area contributed by atoms with Crippen molar-refractivity contribution in [2.75, 3.05) is 5.73 Å². The number of ether oxygens (including phenoxy) is 1. The number of benzene rings is 1. The maximum Gasteiger partial charge on any atom is 0.238 e. The molecular formula is C14H22N2O3S. The van der Waals surface area contributed by atoms with Gasteiger partial charge >= 0.3 is 0 Å². The minimum Gasteiger partial charge on any atom is -0.488 e. The van der Waals surface area contributed by atoms with Crippen LogP contribution in [0.25, 0.3) is 0 Å². The molecule has 1 aliphatic rings. The van der Waals surface area contributed by atoms with Crippen molar-refractivity contribution < 1.29 is 13.2 Å². The molecule has 0 aromatic heterocycles. The second kappa shape index (κ2) is 5.61. The molecule has 0 heterocycles. The van der Waals surface area contributed by atoms with Crippen molar-refractivity contribution >= 4 is 15.7 Å². The van der Waals surface area contributed by atoms with Crippen LogP contribution in [0.3, 0.4) is 0 Å². The molecule has 1 aromatic rings. The molecule has 20 heavy (non-hydrogen) atoms. The molecule has 1 saturated carbocycles. The number of sulfonamides is 1. The molecule has 112 valence electrons. The first kappa shape index (κ1) is 15.1. The van der Waals surface area contributed by atoms with Crippen LogP contribution in [0.15, 0.2) is 23.1 Å². The summed E-state index contributed by atoms with van der Waals surface area (Å²) in [5.41, 5.74) is 6.29. The molecule has 0 bridgehead atoms. The molecule has 3 unspecified atom stereocenters. The van der Waals surface area contributed by atoms with Gasteiger partial charge in [-0.05, 0) is 43.2 Å². The lowest BCUT2D eigenvalue weighted by atomic mass is 9.80. The first-order valence-corrected chi connectivity index (χ1v) is 8.41. The normalized spacial score (nSPS) is 27.2. The van der Waals surface area contributed by atoms with E-state index in [1.807, 2.05) is 0 Å². The summed E-state index contributed by atoms with van der Waals surface area (Å²) < 4.78 is 28.6. The molecule has 3 atom stereocenters. The standard InChI is InChI=1S/C14H22N2O3S/c1-9-3-4-11(7-10(9)2)19-14-8-12(20(16,17)18)5-6-13(14)15/h5-6,8-11H,3-4,7,15H2,1-2H3,(H2,16,17,18). The van der Waals surface area contributed by atoms with Gasteiger partial charge in [0, 0.05) is 6.07 Å². The van der Waals surface area contributed by atoms with E-state index in [2.05, 4.69) is 13.8 Å². The van der Waals surface area contributed by atoms with Crippen LogP contribution in [-0.2, 0) is 10.0 Å². The zero-order valence-electron chi connectivity index (χ0n) is 11.9. The van der Waals surface area contributed by atoms with Gasteiger partial charge in [0.25, 0.3) is 0 Å². The fourth-order valence-electron chi connectivity index (χ4n) is 2.58. The van der Waals surface area contributed by atoms with Gasteiger partial charge in [0.2, 0.25) is 10.0 Å². The lowest BCUT2D eigenvalue weighted by molar-refractivity contribution is 0.101. The minimum atomic E-state index is -3.74. The third-order valence-corrected chi connectivity index (χ3v) is 5.07. The van der Waals surface area contributed by atoms with Crippen molar-refractivity contribution in [2.45, 2.75) is 44.1 Å². The van der Waals surface area contributed by atoms with Crippen LogP contribution in [0.5, 0.6) is 5.75 Å². The molecule has 0 spiro atoms. The molecule has 5 nitrogen and oxygen atoms in total. The van der Waals surface area contributed by atoms with Crippen molar-refractivity contribution in [1.82, 2.24) is 0 Å². The molecule has 1 fully saturated rings. The van der Waals surface area contributed by atoms with E-state index in [4.69, 9.17) is 15.6 Å². The van der Waals surface area contributed by atoms with Gasteiger partial charge in [-0.1, -0.05) is 13.8 Å². The first-order valence-electron chi connectivity index (χ1n) is 6.86. The number of primary sulfonamides is 1. The lowest BCUT2D eigenvalue weighted by Gasteiger charge is -2.32. The molecular weight excluding hydrogens is 276 g/mol. The number of hydrogen-bond donors (Lipinski definition) is 2. The Bertz CT molecular complexity index is 586. The third-order valence-electron chi connectivity index (χ3n) is 4.16. The molecule has 4 N–H and O–H groups in total. The minimum absolute atomic E-state index is 0.0268. The maximum absolute atomic E-state index is 11.4. The Morgan fingerprint density at radius 2 is 1.90 bits per heavy atom. The summed E-state index contributed by atoms with van der Waals surface area (Å²) in [5, 5.41) is 5.12. The Morgan fingerprint density at radius 1 is 1.20 bits per heavy atom. The summed E-state index contributed by atoms with van der Waals surface area (Å²) in [7, 11) is -3.74. The van der Waals surface area contributed by atoms with Crippen molar-refractivity contribution in [3.63, 3.8) is 0 Å². The Balaban J connectivity index is 2.17. The van der Waals surface area contributed by atoms with Gasteiger partial charge in [-0.2, -0.15) is 0 Å². The summed E-state index contributed by atoms with van der Waals surface area (Å²) in [6, 6.07) is 4.32. The third kappa shape index (κ3) is 3.43. The highest BCUT2D eigenvalue weighted by Crippen LogP contribution is 2.34. The van der Waals surface area contributed by atoms with Crippen LogP contribution in [-0.4, -0.2) is 14.5 Å². The second-order valence-electron chi connectivity index (χ2n) is 5.75. The Kier molecular flexibility index (Phi) is 4.25. The van der Waals surface area contributed by atoms with Gasteiger partial charge in [0.1, 0.15) is 5.75 Å². The summed E-state index contributed by atoms with van der Waals surface area (Å²) in [6.45, 7) is 4.46. The fraction of sp³-hybridized carbons (Fsp3) is 0.571. The average Bonchev–Trinajstić information content (AvgIpc) is 2.35. The van der Waals surface area contributed by atoms with E-state index in [1.165, 1.54) is 18.2 Å². The summed E-state index contributed by atoms with van der Waals surface area (Å²) >= 11 is 0. The van der Waals surface area contributed by atoms with Gasteiger partial charge in [0.15, 0.2) is 0 Å². The predicted molar refractivity (Wildman–Crippen MR) is 78.8 cm³/mol. The Morgan fingerprint density at radius 3 is 2.50 bits per heavy atom. The highest BCUT2D eigenvalue weighted by atomic mass is 32.2. The smallest absolute Gasteiger partial charge is 0.238 e. The summed E-state index contributed by atoms with van der Waals surface area (Å²) in [5.74, 6) is 1.70. The highest BCUT2D eigenvalue weighted by molar-refractivity contribution is 7.89. The van der Waals surface area contributed by atoms with Gasteiger partial charge in [-0.15, -0.1) is 0 Å². The fourth-order valence-corrected chi connectivity index (χ4v) is 3.11. The van der Waals surface area contributed by atoms with Crippen molar-refractivity contribution in [3.8, 4) is 5.75 Å². The van der Waals surface area contributed by atoms with Crippen LogP contribution in [0.1, 0.15) is 33.1 Å². The zero-order valence-corrected chi connectivity index (χ0v) is 12.7. The summed E-state index contributed by atoms with van der Waals surface area (Å²) in [4.78, 5) is 0.0268. The highest BCUT2D eigenvalue weighted by Gasteiger charge is 2.26. The maximum atomic E-state index is 11.4. The molecule has 2 rings (SSSR count). The summed E-state index contributed by atoms with van der Waals surface area (Å²) in [6.07, 6.45) is 3.12. The SMILES string of the molecule is CC1CCC(Oc2cc(S(N)(=O)=O)ccc2N)CC1C. The largest absolute Gasteiger partial charge is 0.488 e.